The maximum atomic E-state index is 14.9. The van der Waals surface area contributed by atoms with Gasteiger partial charge in [0.25, 0.3) is 0 Å². The molecule has 13 rings (SSSR count). The van der Waals surface area contributed by atoms with Crippen molar-refractivity contribution in [3.8, 4) is 0 Å². The van der Waals surface area contributed by atoms with Crippen LogP contribution in [0.25, 0.3) is 119 Å². The monoisotopic (exact) mass is 660 g/mol. The fraction of sp³-hybridized carbons (Fsp3) is 0. The number of pyridine rings is 4. The van der Waals surface area contributed by atoms with E-state index >= 15 is 0 Å². The number of hydrogen-bond donors (Lipinski definition) is 0. The summed E-state index contributed by atoms with van der Waals surface area (Å²) < 4.78 is 4.48. The Bertz CT molecular complexity index is 3650. The Hall–Kier alpha value is -7.04. The quantitative estimate of drug-likeness (QED) is 0.120. The fourth-order valence-corrected chi connectivity index (χ4v) is 9.82. The Balaban J connectivity index is 1.33. The Morgan fingerprint density at radius 1 is 0.288 bits per heavy atom. The van der Waals surface area contributed by atoms with E-state index in [1.165, 1.54) is 10.8 Å². The number of para-hydroxylation sites is 2. The van der Waals surface area contributed by atoms with Gasteiger partial charge in [-0.25, -0.2) is 0 Å². The van der Waals surface area contributed by atoms with Gasteiger partial charge >= 0.3 is 0 Å². The average Bonchev–Trinajstić information content (AvgIpc) is 3.19. The molecule has 0 fully saturated rings. The van der Waals surface area contributed by atoms with Gasteiger partial charge in [0.15, 0.2) is 10.9 Å². The summed E-state index contributed by atoms with van der Waals surface area (Å²) in [6.07, 6.45) is 0. The molecule has 52 heavy (non-hydrogen) atoms. The van der Waals surface area contributed by atoms with Gasteiger partial charge in [0.2, 0.25) is 0 Å². The summed E-state index contributed by atoms with van der Waals surface area (Å²) in [4.78, 5) is 29.7. The van der Waals surface area contributed by atoms with Crippen LogP contribution >= 0.6 is 0 Å². The van der Waals surface area contributed by atoms with Crippen molar-refractivity contribution in [2.24, 2.45) is 0 Å². The van der Waals surface area contributed by atoms with Crippen LogP contribution in [-0.2, 0) is 0 Å². The van der Waals surface area contributed by atoms with E-state index in [1.807, 2.05) is 36.4 Å². The average molecular weight is 661 g/mol. The Morgan fingerprint density at radius 2 is 0.673 bits per heavy atom. The molecule has 0 unspecified atom stereocenters. The van der Waals surface area contributed by atoms with E-state index in [0.29, 0.717) is 21.5 Å². The van der Waals surface area contributed by atoms with E-state index in [0.717, 1.165) is 87.0 Å². The summed E-state index contributed by atoms with van der Waals surface area (Å²) in [5.74, 6) is 0. The fourth-order valence-electron chi connectivity index (χ4n) is 9.82. The first-order chi connectivity index (χ1) is 25.7. The molecule has 238 valence electrons. The van der Waals surface area contributed by atoms with Gasteiger partial charge < -0.3 is 8.80 Å². The molecule has 0 spiro atoms. The number of nitrogens with zero attached hydrogens (tertiary/aromatic N) is 2. The Morgan fingerprint density at radius 3 is 1.15 bits per heavy atom. The van der Waals surface area contributed by atoms with Crippen molar-refractivity contribution in [3.63, 3.8) is 0 Å². The molecule has 4 heterocycles. The Labute approximate surface area is 293 Å². The lowest BCUT2D eigenvalue weighted by Crippen LogP contribution is -2.13. The van der Waals surface area contributed by atoms with Gasteiger partial charge in [0.1, 0.15) is 0 Å². The van der Waals surface area contributed by atoms with Crippen molar-refractivity contribution in [3.05, 3.63) is 166 Å². The minimum Gasteiger partial charge on any atom is -0.308 e. The summed E-state index contributed by atoms with van der Waals surface area (Å²) in [5.41, 5.74) is 5.21. The lowest BCUT2D eigenvalue weighted by atomic mass is 9.92. The zero-order valence-corrected chi connectivity index (χ0v) is 27.6. The first-order valence-electron chi connectivity index (χ1n) is 17.7. The second-order valence-corrected chi connectivity index (χ2v) is 14.3. The van der Waals surface area contributed by atoms with Crippen molar-refractivity contribution in [2.45, 2.75) is 0 Å². The maximum Gasteiger partial charge on any atom is 0.197 e. The minimum absolute atomic E-state index is 0.0325. The first-order valence-corrected chi connectivity index (χ1v) is 17.7. The van der Waals surface area contributed by atoms with Gasteiger partial charge in [0.05, 0.1) is 33.1 Å². The van der Waals surface area contributed by atoms with Gasteiger partial charge in [-0.05, 0) is 80.8 Å². The predicted octanol–water partition coefficient (Wildman–Crippen LogP) is 11.3. The third kappa shape index (κ3) is 2.99. The SMILES string of the molecule is O=c1c2cc3c(cc2n2c4cccc5cc6ccccc6c(c6cccc1c62)c54)c(=O)c1cccc2c4c5ccccc5cc5cccc(c54)n3c12. The molecule has 9 aromatic carbocycles. The highest BCUT2D eigenvalue weighted by Gasteiger charge is 2.23. The predicted molar refractivity (Wildman–Crippen MR) is 218 cm³/mol. The topological polar surface area (TPSA) is 43.0 Å². The van der Waals surface area contributed by atoms with Gasteiger partial charge in [-0.3, -0.25) is 9.59 Å². The van der Waals surface area contributed by atoms with Crippen molar-refractivity contribution in [1.82, 2.24) is 8.80 Å². The largest absolute Gasteiger partial charge is 0.308 e. The van der Waals surface area contributed by atoms with Gasteiger partial charge in [-0.1, -0.05) is 97.1 Å². The molecule has 0 atom stereocenters. The standard InChI is InChI=1S/C48H24N2O2/c51-47-33-17-7-15-31-43-29-13-3-1-9-25(29)21-27-11-5-19-37(41(27)43)49(45(31)33)39-23-36-40(24-35(39)47)50-38-20-6-12-28-22-26-10-2-4-14-30(26)44(42(28)38)32-16-8-18-34(46(32)50)48(36)52/h1-24H. The van der Waals surface area contributed by atoms with E-state index in [4.69, 9.17) is 0 Å². The highest BCUT2D eigenvalue weighted by Crippen LogP contribution is 2.43. The summed E-state index contributed by atoms with van der Waals surface area (Å²) in [7, 11) is 0. The van der Waals surface area contributed by atoms with Crippen LogP contribution < -0.4 is 10.9 Å². The van der Waals surface area contributed by atoms with Crippen LogP contribution in [0.3, 0.4) is 0 Å². The zero-order chi connectivity index (χ0) is 34.0. The van der Waals surface area contributed by atoms with Crippen LogP contribution in [0.4, 0.5) is 0 Å². The summed E-state index contributed by atoms with van der Waals surface area (Å²) >= 11 is 0. The Kier molecular flexibility index (Phi) is 4.63. The molecule has 13 aromatic rings. The molecule has 4 heteroatoms. The molecule has 0 saturated carbocycles. The van der Waals surface area contributed by atoms with E-state index < -0.39 is 0 Å². The van der Waals surface area contributed by atoms with Crippen LogP contribution in [0.15, 0.2) is 155 Å². The zero-order valence-electron chi connectivity index (χ0n) is 27.6. The lowest BCUT2D eigenvalue weighted by Gasteiger charge is -2.21. The van der Waals surface area contributed by atoms with Crippen molar-refractivity contribution in [1.29, 1.82) is 0 Å². The molecule has 0 amide bonds. The molecule has 4 nitrogen and oxygen atoms in total. The summed E-state index contributed by atoms with van der Waals surface area (Å²) in [6, 6.07) is 50.5. The number of benzene rings is 9. The maximum absolute atomic E-state index is 14.9. The van der Waals surface area contributed by atoms with E-state index in [9.17, 15) is 9.59 Å². The van der Waals surface area contributed by atoms with E-state index in [-0.39, 0.29) is 10.9 Å². The lowest BCUT2D eigenvalue weighted by molar-refractivity contribution is 1.30. The molecule has 0 aliphatic carbocycles. The van der Waals surface area contributed by atoms with E-state index in [2.05, 4.69) is 118 Å². The minimum atomic E-state index is -0.0325. The molecule has 0 saturated heterocycles. The normalized spacial score (nSPS) is 12.8. The van der Waals surface area contributed by atoms with Crippen LogP contribution in [-0.4, -0.2) is 8.80 Å². The molecular formula is C48H24N2O2. The first kappa shape index (κ1) is 26.8. The second kappa shape index (κ2) is 9.00. The number of hydrogen-bond acceptors (Lipinski definition) is 2. The van der Waals surface area contributed by atoms with Gasteiger partial charge in [-0.2, -0.15) is 0 Å². The molecule has 0 N–H and O–H groups in total. The van der Waals surface area contributed by atoms with Crippen LogP contribution in [0.2, 0.25) is 0 Å². The van der Waals surface area contributed by atoms with Crippen molar-refractivity contribution < 1.29 is 0 Å². The molecule has 4 aromatic heterocycles. The van der Waals surface area contributed by atoms with Crippen LogP contribution in [0, 0.1) is 0 Å². The summed E-state index contributed by atoms with van der Waals surface area (Å²) in [6.45, 7) is 0. The number of rotatable bonds is 0. The van der Waals surface area contributed by atoms with Crippen LogP contribution in [0.5, 0.6) is 0 Å². The van der Waals surface area contributed by atoms with E-state index in [1.54, 1.807) is 0 Å². The molecule has 0 aliphatic heterocycles. The van der Waals surface area contributed by atoms with Gasteiger partial charge in [-0.15, -0.1) is 0 Å². The molecule has 0 aliphatic rings. The number of fused-ring (bicyclic) bond motifs is 12. The van der Waals surface area contributed by atoms with Gasteiger partial charge in [0, 0.05) is 53.9 Å². The molecule has 0 bridgehead atoms. The highest BCUT2D eigenvalue weighted by atomic mass is 16.1. The smallest absolute Gasteiger partial charge is 0.197 e. The second-order valence-electron chi connectivity index (χ2n) is 14.3. The molecular weight excluding hydrogens is 637 g/mol. The van der Waals surface area contributed by atoms with Crippen molar-refractivity contribution in [2.75, 3.05) is 0 Å². The van der Waals surface area contributed by atoms with Crippen molar-refractivity contribution >= 4 is 119 Å². The summed E-state index contributed by atoms with van der Waals surface area (Å²) in [5, 5.41) is 16.1. The third-order valence-corrected chi connectivity index (χ3v) is 11.8. The molecule has 0 radical (unpaired) electrons. The third-order valence-electron chi connectivity index (χ3n) is 11.8. The van der Waals surface area contributed by atoms with Crippen LogP contribution in [0.1, 0.15) is 0 Å². The number of aromatic nitrogens is 2. The highest BCUT2D eigenvalue weighted by molar-refractivity contribution is 6.33.